The molecular formula is C24H16N4O2. The van der Waals surface area contributed by atoms with Crippen LogP contribution in [-0.4, -0.2) is 33.0 Å². The van der Waals surface area contributed by atoms with E-state index in [1.807, 2.05) is 42.5 Å². The number of rotatable bonds is 3. The fraction of sp³-hybridized carbons (Fsp3) is 0.0417. The number of aromatic nitrogens is 4. The lowest BCUT2D eigenvalue weighted by Crippen LogP contribution is -2.07. The van der Waals surface area contributed by atoms with Crippen LogP contribution in [0, 0.1) is 11.8 Å². The maximum atomic E-state index is 12.1. The van der Waals surface area contributed by atoms with E-state index < -0.39 is 5.97 Å². The molecule has 0 aliphatic heterocycles. The van der Waals surface area contributed by atoms with Crippen LogP contribution in [0.1, 0.15) is 21.6 Å². The molecule has 0 atom stereocenters. The second kappa shape index (κ2) is 8.76. The topological polar surface area (TPSA) is 77.9 Å². The minimum absolute atomic E-state index is 0.182. The minimum Gasteiger partial charge on any atom is -0.464 e. The Labute approximate surface area is 173 Å². The molecule has 0 aliphatic carbocycles. The molecule has 0 amide bonds. The Hall–Kier alpha value is -4.37. The van der Waals surface area contributed by atoms with Gasteiger partial charge in [0.25, 0.3) is 0 Å². The monoisotopic (exact) mass is 392 g/mol. The van der Waals surface area contributed by atoms with Crippen LogP contribution in [-0.2, 0) is 4.74 Å². The zero-order valence-electron chi connectivity index (χ0n) is 16.1. The van der Waals surface area contributed by atoms with E-state index in [0.717, 1.165) is 16.7 Å². The van der Waals surface area contributed by atoms with Gasteiger partial charge in [0, 0.05) is 47.0 Å². The summed E-state index contributed by atoms with van der Waals surface area (Å²) in [6, 6.07) is 16.6. The van der Waals surface area contributed by atoms with Crippen molar-refractivity contribution in [2.45, 2.75) is 0 Å². The highest BCUT2D eigenvalue weighted by Crippen LogP contribution is 2.23. The first kappa shape index (κ1) is 19.0. The zero-order chi connectivity index (χ0) is 20.8. The molecular weight excluding hydrogens is 376 g/mol. The van der Waals surface area contributed by atoms with Gasteiger partial charge >= 0.3 is 5.97 Å². The number of esters is 1. The van der Waals surface area contributed by atoms with Crippen molar-refractivity contribution in [3.63, 3.8) is 0 Å². The summed E-state index contributed by atoms with van der Waals surface area (Å²) >= 11 is 0. The Morgan fingerprint density at radius 2 is 1.57 bits per heavy atom. The number of ether oxygens (including phenoxy) is 1. The van der Waals surface area contributed by atoms with Gasteiger partial charge in [0.1, 0.15) is 0 Å². The standard InChI is InChI=1S/C24H16N4O2/c1-30-24(29)22-14-21(27-23(28-22)20-5-3-13-26-16-20)19-10-8-17(9-11-19)6-7-18-4-2-12-25-15-18/h2-5,8-16H,1H3. The summed E-state index contributed by atoms with van der Waals surface area (Å²) in [5.41, 5.74) is 4.04. The van der Waals surface area contributed by atoms with Gasteiger partial charge in [-0.05, 0) is 42.5 Å². The molecule has 0 saturated heterocycles. The van der Waals surface area contributed by atoms with Crippen molar-refractivity contribution in [3.05, 3.63) is 96.2 Å². The molecule has 0 unspecified atom stereocenters. The summed E-state index contributed by atoms with van der Waals surface area (Å²) in [5, 5.41) is 0. The second-order valence-electron chi connectivity index (χ2n) is 6.26. The number of hydrogen-bond donors (Lipinski definition) is 0. The van der Waals surface area contributed by atoms with Gasteiger partial charge in [-0.15, -0.1) is 0 Å². The third-order valence-corrected chi connectivity index (χ3v) is 4.23. The van der Waals surface area contributed by atoms with E-state index in [2.05, 4.69) is 31.8 Å². The zero-order valence-corrected chi connectivity index (χ0v) is 16.1. The molecule has 6 nitrogen and oxygen atoms in total. The molecule has 3 aromatic heterocycles. The molecule has 4 aromatic rings. The number of carbonyl (C=O) groups is 1. The van der Waals surface area contributed by atoms with Crippen molar-refractivity contribution in [1.29, 1.82) is 0 Å². The third kappa shape index (κ3) is 4.37. The molecule has 1 aromatic carbocycles. The lowest BCUT2D eigenvalue weighted by atomic mass is 10.1. The van der Waals surface area contributed by atoms with Crippen LogP contribution >= 0.6 is 0 Å². The molecule has 0 N–H and O–H groups in total. The van der Waals surface area contributed by atoms with Crippen molar-refractivity contribution < 1.29 is 9.53 Å². The highest BCUT2D eigenvalue weighted by atomic mass is 16.5. The molecule has 0 fully saturated rings. The summed E-state index contributed by atoms with van der Waals surface area (Å²) in [6.45, 7) is 0. The second-order valence-corrected chi connectivity index (χ2v) is 6.26. The molecule has 6 heteroatoms. The highest BCUT2D eigenvalue weighted by molar-refractivity contribution is 5.89. The average molecular weight is 392 g/mol. The van der Waals surface area contributed by atoms with E-state index in [0.29, 0.717) is 17.1 Å². The van der Waals surface area contributed by atoms with Gasteiger partial charge < -0.3 is 4.74 Å². The van der Waals surface area contributed by atoms with Crippen molar-refractivity contribution >= 4 is 5.97 Å². The lowest BCUT2D eigenvalue weighted by Gasteiger charge is -2.07. The van der Waals surface area contributed by atoms with E-state index in [1.54, 1.807) is 36.9 Å². The third-order valence-electron chi connectivity index (χ3n) is 4.23. The Morgan fingerprint density at radius 3 is 2.23 bits per heavy atom. The first-order valence-corrected chi connectivity index (χ1v) is 9.13. The van der Waals surface area contributed by atoms with Crippen LogP contribution in [0.4, 0.5) is 0 Å². The number of methoxy groups -OCH3 is 1. The van der Waals surface area contributed by atoms with Gasteiger partial charge in [-0.1, -0.05) is 24.0 Å². The van der Waals surface area contributed by atoms with E-state index >= 15 is 0 Å². The van der Waals surface area contributed by atoms with Crippen molar-refractivity contribution in [1.82, 2.24) is 19.9 Å². The van der Waals surface area contributed by atoms with E-state index in [-0.39, 0.29) is 5.69 Å². The average Bonchev–Trinajstić information content (AvgIpc) is 2.83. The number of pyridine rings is 2. The molecule has 0 aliphatic rings. The van der Waals surface area contributed by atoms with Crippen LogP contribution in [0.25, 0.3) is 22.6 Å². The van der Waals surface area contributed by atoms with Gasteiger partial charge in [-0.3, -0.25) is 9.97 Å². The summed E-state index contributed by atoms with van der Waals surface area (Å²) in [6.07, 6.45) is 6.75. The van der Waals surface area contributed by atoms with Crippen LogP contribution in [0.15, 0.2) is 79.4 Å². The predicted octanol–water partition coefficient (Wildman–Crippen LogP) is 3.79. The quantitative estimate of drug-likeness (QED) is 0.390. The van der Waals surface area contributed by atoms with Gasteiger partial charge in [-0.25, -0.2) is 14.8 Å². The fourth-order valence-electron chi connectivity index (χ4n) is 2.73. The summed E-state index contributed by atoms with van der Waals surface area (Å²) < 4.78 is 4.84. The van der Waals surface area contributed by atoms with E-state index in [4.69, 9.17) is 4.74 Å². The van der Waals surface area contributed by atoms with Crippen LogP contribution < -0.4 is 0 Å². The fourth-order valence-corrected chi connectivity index (χ4v) is 2.73. The summed E-state index contributed by atoms with van der Waals surface area (Å²) in [7, 11) is 1.32. The van der Waals surface area contributed by atoms with Crippen molar-refractivity contribution in [3.8, 4) is 34.5 Å². The first-order chi connectivity index (χ1) is 14.7. The highest BCUT2D eigenvalue weighted by Gasteiger charge is 2.14. The van der Waals surface area contributed by atoms with Gasteiger partial charge in [0.15, 0.2) is 11.5 Å². The van der Waals surface area contributed by atoms with Gasteiger partial charge in [-0.2, -0.15) is 0 Å². The lowest BCUT2D eigenvalue weighted by molar-refractivity contribution is 0.0594. The van der Waals surface area contributed by atoms with Gasteiger partial charge in [0.2, 0.25) is 0 Å². The largest absolute Gasteiger partial charge is 0.464 e. The van der Waals surface area contributed by atoms with Crippen LogP contribution in [0.3, 0.4) is 0 Å². The normalized spacial score (nSPS) is 10.0. The Kier molecular flexibility index (Phi) is 5.54. The SMILES string of the molecule is COC(=O)c1cc(-c2ccc(C#Cc3cccnc3)cc2)nc(-c2cccnc2)n1. The first-order valence-electron chi connectivity index (χ1n) is 9.13. The Balaban J connectivity index is 1.69. The van der Waals surface area contributed by atoms with E-state index in [9.17, 15) is 4.79 Å². The number of hydrogen-bond acceptors (Lipinski definition) is 6. The van der Waals surface area contributed by atoms with Crippen molar-refractivity contribution in [2.24, 2.45) is 0 Å². The summed E-state index contributed by atoms with van der Waals surface area (Å²) in [5.74, 6) is 6.07. The van der Waals surface area contributed by atoms with Gasteiger partial charge in [0.05, 0.1) is 12.8 Å². The number of carbonyl (C=O) groups excluding carboxylic acids is 1. The molecule has 0 saturated carbocycles. The molecule has 0 spiro atoms. The predicted molar refractivity (Wildman–Crippen MR) is 112 cm³/mol. The number of nitrogens with zero attached hydrogens (tertiary/aromatic N) is 4. The number of benzene rings is 1. The minimum atomic E-state index is -0.525. The molecule has 3 heterocycles. The maximum Gasteiger partial charge on any atom is 0.356 e. The molecule has 0 bridgehead atoms. The molecule has 4 rings (SSSR count). The smallest absolute Gasteiger partial charge is 0.356 e. The molecule has 0 radical (unpaired) electrons. The van der Waals surface area contributed by atoms with Crippen molar-refractivity contribution in [2.75, 3.05) is 7.11 Å². The Bertz CT molecular complexity index is 1230. The molecule has 144 valence electrons. The van der Waals surface area contributed by atoms with Crippen LogP contribution in [0.2, 0.25) is 0 Å². The Morgan fingerprint density at radius 1 is 0.833 bits per heavy atom. The molecule has 30 heavy (non-hydrogen) atoms. The van der Waals surface area contributed by atoms with Crippen LogP contribution in [0.5, 0.6) is 0 Å². The van der Waals surface area contributed by atoms with E-state index in [1.165, 1.54) is 7.11 Å². The summed E-state index contributed by atoms with van der Waals surface area (Å²) in [4.78, 5) is 29.2. The maximum absolute atomic E-state index is 12.1.